The highest BCUT2D eigenvalue weighted by Gasteiger charge is 2.27. The summed E-state index contributed by atoms with van der Waals surface area (Å²) in [5.74, 6) is -0.0968. The molecule has 0 aromatic rings. The van der Waals surface area contributed by atoms with E-state index in [0.717, 1.165) is 16.8 Å². The fourth-order valence-electron chi connectivity index (χ4n) is 7.47. The van der Waals surface area contributed by atoms with Crippen molar-refractivity contribution < 1.29 is 151 Å². The summed E-state index contributed by atoms with van der Waals surface area (Å²) in [4.78, 5) is 0. The normalized spacial score (nSPS) is 12.2. The molecule has 0 rings (SSSR count). The van der Waals surface area contributed by atoms with Crippen LogP contribution in [0.5, 0.6) is 0 Å². The smallest absolute Gasteiger partial charge is 0.152 e. The van der Waals surface area contributed by atoms with E-state index in [1.54, 1.807) is 21.0 Å². The molecule has 104 heavy (non-hydrogen) atoms. The number of sulfone groups is 1. The van der Waals surface area contributed by atoms with Gasteiger partial charge in [-0.2, -0.15) is 0 Å². The SMILES string of the molecule is COCCOCCOCCOCCOCCOCCOCCOCCCOCCOCCOCCOCCOCCOCCOCCOCCOCCOCCOCCOCCCOCCOCCOCCOCCOCCOCCOCCOCCOCCOCCS(=O)(=O)CCC(C)(C)N(Cl)Cl. The number of hydrogen-bond donors (Lipinski definition) is 0. The quantitative estimate of drug-likeness (QED) is 0.0624. The van der Waals surface area contributed by atoms with E-state index >= 15 is 0 Å². The standard InChI is InChI=1S/C68H137Cl2NO32S/c1-68(2,71(69)70)6-66-104(72,73)67-65-103-64-63-102-62-61-101-60-59-100-58-57-99-56-51-96-48-45-93-40-36-88-30-26-83-20-16-78-10-5-9-77-15-19-82-25-29-87-35-39-92-44-47-95-50-53-98-55-54-97-52-49-94-46-43-91-38-34-86-28-24-81-18-14-76-8-4-7-75-13-17-80-23-27-85-33-37-90-42-41-89-32-31-84-22-21-79-12-11-74-3/h4-67H2,1-3H3. The molecule has 0 amide bonds. The number of ether oxygens (including phenoxy) is 30. The van der Waals surface area contributed by atoms with Gasteiger partial charge in [-0.05, 0) is 56.7 Å². The Labute approximate surface area is 632 Å². The number of nitrogens with zero attached hydrogens (tertiary/aromatic N) is 1. The first kappa shape index (κ1) is 103. The average Bonchev–Trinajstić information content (AvgIpc) is 0.882. The van der Waals surface area contributed by atoms with Crippen LogP contribution in [0.15, 0.2) is 0 Å². The summed E-state index contributed by atoms with van der Waals surface area (Å²) in [6.45, 7) is 32.2. The largest absolute Gasteiger partial charge is 0.382 e. The summed E-state index contributed by atoms with van der Waals surface area (Å²) in [5.41, 5.74) is -0.642. The van der Waals surface area contributed by atoms with Gasteiger partial charge in [-0.1, -0.05) is 0 Å². The molecule has 0 aliphatic heterocycles. The highest BCUT2D eigenvalue weighted by Crippen LogP contribution is 2.24. The summed E-state index contributed by atoms with van der Waals surface area (Å²) in [6.07, 6.45) is 1.90. The third-order valence-corrected chi connectivity index (χ3v) is 15.8. The van der Waals surface area contributed by atoms with Crippen LogP contribution in [0.4, 0.5) is 0 Å². The molecule has 0 aliphatic rings. The van der Waals surface area contributed by atoms with E-state index in [9.17, 15) is 8.42 Å². The van der Waals surface area contributed by atoms with Gasteiger partial charge in [0.15, 0.2) is 9.84 Å². The molecular weight excluding hydrogens is 1450 g/mol. The van der Waals surface area contributed by atoms with Crippen molar-refractivity contribution >= 4 is 33.4 Å². The minimum absolute atomic E-state index is 0.0245. The minimum atomic E-state index is -3.27. The Morgan fingerprint density at radius 3 is 0.462 bits per heavy atom. The molecule has 0 heterocycles. The Hall–Kier alpha value is -0.710. The number of methoxy groups -OCH3 is 1. The predicted octanol–water partition coefficient (Wildman–Crippen LogP) is 3.09. The van der Waals surface area contributed by atoms with Crippen molar-refractivity contribution in [1.82, 2.24) is 3.94 Å². The average molecular weight is 1580 g/mol. The van der Waals surface area contributed by atoms with Gasteiger partial charge in [0.1, 0.15) is 0 Å². The third kappa shape index (κ3) is 90.2. The van der Waals surface area contributed by atoms with Gasteiger partial charge >= 0.3 is 0 Å². The fraction of sp³-hybridized carbons (Fsp3) is 1.00. The first-order valence-electron chi connectivity index (χ1n) is 36.8. The Morgan fingerprint density at radius 2 is 0.327 bits per heavy atom. The van der Waals surface area contributed by atoms with Crippen molar-refractivity contribution in [3.8, 4) is 0 Å². The van der Waals surface area contributed by atoms with E-state index in [1.165, 1.54) is 0 Å². The zero-order chi connectivity index (χ0) is 75.0. The van der Waals surface area contributed by atoms with Gasteiger partial charge < -0.3 is 142 Å². The molecule has 0 bridgehead atoms. The van der Waals surface area contributed by atoms with Gasteiger partial charge in [0.2, 0.25) is 0 Å². The lowest BCUT2D eigenvalue weighted by Gasteiger charge is -2.27. The van der Waals surface area contributed by atoms with Gasteiger partial charge in [0.05, 0.1) is 375 Å². The molecular formula is C68H137Cl2NO32S. The van der Waals surface area contributed by atoms with Crippen LogP contribution in [0.3, 0.4) is 0 Å². The summed E-state index contributed by atoms with van der Waals surface area (Å²) < 4.78 is 190. The van der Waals surface area contributed by atoms with Gasteiger partial charge in [-0.25, -0.2) is 8.42 Å². The van der Waals surface area contributed by atoms with E-state index in [-0.39, 0.29) is 18.1 Å². The zero-order valence-corrected chi connectivity index (χ0v) is 65.8. The molecule has 0 unspecified atom stereocenters. The molecule has 626 valence electrons. The summed E-state index contributed by atoms with van der Waals surface area (Å²) in [7, 11) is -1.63. The molecule has 0 spiro atoms. The Balaban J connectivity index is 3.13. The molecule has 33 nitrogen and oxygen atoms in total. The summed E-state index contributed by atoms with van der Waals surface area (Å²) >= 11 is 11.5. The van der Waals surface area contributed by atoms with E-state index in [4.69, 9.17) is 166 Å². The first-order valence-corrected chi connectivity index (χ1v) is 39.3. The maximum Gasteiger partial charge on any atom is 0.152 e. The highest BCUT2D eigenvalue weighted by atomic mass is 35.5. The van der Waals surface area contributed by atoms with E-state index in [0.29, 0.717) is 390 Å². The maximum absolute atomic E-state index is 12.2. The summed E-state index contributed by atoms with van der Waals surface area (Å²) in [5, 5.41) is 0. The van der Waals surface area contributed by atoms with Crippen molar-refractivity contribution in [2.24, 2.45) is 0 Å². The fourth-order valence-corrected chi connectivity index (χ4v) is 9.03. The van der Waals surface area contributed by atoms with Crippen LogP contribution < -0.4 is 0 Å². The second-order valence-corrected chi connectivity index (χ2v) is 25.6. The van der Waals surface area contributed by atoms with E-state index in [1.807, 2.05) is 0 Å². The molecule has 0 aromatic carbocycles. The molecule has 0 saturated carbocycles. The lowest BCUT2D eigenvalue weighted by molar-refractivity contribution is -0.0291. The molecule has 36 heteroatoms. The number of rotatable bonds is 96. The minimum Gasteiger partial charge on any atom is -0.382 e. The van der Waals surface area contributed by atoms with Gasteiger partial charge in [0.25, 0.3) is 0 Å². The van der Waals surface area contributed by atoms with Crippen LogP contribution in [0.25, 0.3) is 0 Å². The van der Waals surface area contributed by atoms with Gasteiger partial charge in [-0.3, -0.25) is 0 Å². The van der Waals surface area contributed by atoms with Crippen molar-refractivity contribution in [1.29, 1.82) is 0 Å². The van der Waals surface area contributed by atoms with Crippen LogP contribution in [0.2, 0.25) is 0 Å². The molecule has 0 aliphatic carbocycles. The van der Waals surface area contributed by atoms with Gasteiger partial charge in [0, 0.05) is 39.1 Å². The highest BCUT2D eigenvalue weighted by molar-refractivity contribution is 7.91. The number of halogens is 2. The molecule has 0 fully saturated rings. The molecule has 0 atom stereocenters. The molecule has 0 radical (unpaired) electrons. The van der Waals surface area contributed by atoms with Crippen LogP contribution in [-0.4, -0.2) is 426 Å². The predicted molar refractivity (Wildman–Crippen MR) is 386 cm³/mol. The van der Waals surface area contributed by atoms with Crippen molar-refractivity contribution in [3.05, 3.63) is 0 Å². The monoisotopic (exact) mass is 1580 g/mol. The van der Waals surface area contributed by atoms with Crippen molar-refractivity contribution in [2.45, 2.75) is 38.6 Å². The van der Waals surface area contributed by atoms with Crippen molar-refractivity contribution in [2.75, 3.05) is 408 Å². The van der Waals surface area contributed by atoms with Gasteiger partial charge in [-0.15, -0.1) is 3.94 Å². The van der Waals surface area contributed by atoms with E-state index < -0.39 is 15.4 Å². The Bertz CT molecular complexity index is 1710. The lowest BCUT2D eigenvalue weighted by atomic mass is 10.0. The van der Waals surface area contributed by atoms with Crippen LogP contribution in [0.1, 0.15) is 33.1 Å². The second-order valence-electron chi connectivity index (χ2n) is 22.4. The van der Waals surface area contributed by atoms with E-state index in [2.05, 4.69) is 0 Å². The third-order valence-electron chi connectivity index (χ3n) is 13.3. The number of hydrogen-bond acceptors (Lipinski definition) is 33. The molecule has 0 saturated heterocycles. The first-order chi connectivity index (χ1) is 51.2. The summed E-state index contributed by atoms with van der Waals surface area (Å²) in [6, 6.07) is 0. The topological polar surface area (TPSA) is 314 Å². The van der Waals surface area contributed by atoms with Crippen molar-refractivity contribution in [3.63, 3.8) is 0 Å². The molecule has 0 aromatic heterocycles. The van der Waals surface area contributed by atoms with Crippen LogP contribution >= 0.6 is 23.6 Å². The Kier molecular flexibility index (Phi) is 88.9. The maximum atomic E-state index is 12.2. The van der Waals surface area contributed by atoms with Crippen LogP contribution in [0, 0.1) is 0 Å². The Morgan fingerprint density at radius 1 is 0.202 bits per heavy atom. The zero-order valence-electron chi connectivity index (χ0n) is 63.4. The second kappa shape index (κ2) is 89.5. The van der Waals surface area contributed by atoms with Crippen LogP contribution in [-0.2, 0) is 152 Å². The molecule has 0 N–H and O–H groups in total. The lowest BCUT2D eigenvalue weighted by Crippen LogP contribution is -2.34.